The van der Waals surface area contributed by atoms with Crippen molar-refractivity contribution in [2.75, 3.05) is 5.32 Å². The molecule has 2 aromatic heterocycles. The van der Waals surface area contributed by atoms with E-state index in [-0.39, 0.29) is 54.7 Å². The molecule has 166 valence electrons. The number of hydrogen-bond donors (Lipinski definition) is 2. The molecular weight excluding hydrogens is 528 g/mol. The molecule has 0 atom stereocenters. The van der Waals surface area contributed by atoms with E-state index < -0.39 is 23.5 Å². The van der Waals surface area contributed by atoms with Crippen molar-refractivity contribution in [3.8, 4) is 5.75 Å². The summed E-state index contributed by atoms with van der Waals surface area (Å²) >= 11 is 29.9. The van der Waals surface area contributed by atoms with Crippen LogP contribution in [0.5, 0.6) is 5.75 Å². The van der Waals surface area contributed by atoms with Crippen LogP contribution in [0.3, 0.4) is 0 Å². The van der Waals surface area contributed by atoms with Crippen molar-refractivity contribution in [1.82, 2.24) is 10.2 Å². The quantitative estimate of drug-likeness (QED) is 0.262. The van der Waals surface area contributed by atoms with Crippen LogP contribution in [0.1, 0.15) is 27.7 Å². The number of anilines is 1. The molecule has 0 bridgehead atoms. The van der Waals surface area contributed by atoms with Gasteiger partial charge in [-0.1, -0.05) is 58.0 Å². The maximum atomic E-state index is 13.0. The summed E-state index contributed by atoms with van der Waals surface area (Å²) in [7, 11) is 0. The molecule has 2 heterocycles. The Balaban J connectivity index is 1.75. The molecule has 0 aliphatic heterocycles. The summed E-state index contributed by atoms with van der Waals surface area (Å²) in [4.78, 5) is 12.3. The molecular formula is C17H9Cl5F3N3O3. The molecule has 31 heavy (non-hydrogen) atoms. The molecule has 0 aliphatic rings. The molecule has 3 rings (SSSR count). The number of aromatic amines is 1. The zero-order valence-electron chi connectivity index (χ0n) is 15.1. The lowest BCUT2D eigenvalue weighted by atomic mass is 10.2. The summed E-state index contributed by atoms with van der Waals surface area (Å²) in [6.45, 7) is 1.08. The second kappa shape index (κ2) is 8.99. The van der Waals surface area contributed by atoms with Gasteiger partial charge in [0.05, 0.1) is 26.4 Å². The number of aryl methyl sites for hydroxylation is 1. The first kappa shape index (κ1) is 23.9. The highest BCUT2D eigenvalue weighted by Crippen LogP contribution is 2.48. The van der Waals surface area contributed by atoms with Gasteiger partial charge in [0.1, 0.15) is 22.4 Å². The maximum Gasteiger partial charge on any atom is 0.437 e. The SMILES string of the molecule is Cc1[nH]nc(C(F)(F)F)c1NC(=O)c1ccc(COc2c(Cl)c(Cl)c(Cl)c(Cl)c2Cl)o1. The number of hydrogen-bond acceptors (Lipinski definition) is 4. The lowest BCUT2D eigenvalue weighted by Gasteiger charge is -2.12. The fraction of sp³-hybridized carbons (Fsp3) is 0.176. The normalized spacial score (nSPS) is 11.6. The topological polar surface area (TPSA) is 80.2 Å². The standard InChI is InChI=1S/C17H9Cl5F3N3O3/c1-5-13(15(28-27-5)17(23,24)25)26-16(29)7-3-2-6(31-7)4-30-14-11(21)9(19)8(18)10(20)12(14)22/h2-3H,4H2,1H3,(H,26,29)(H,27,28). The van der Waals surface area contributed by atoms with E-state index in [1.54, 1.807) is 0 Å². The number of aromatic nitrogens is 2. The average molecular weight is 538 g/mol. The minimum atomic E-state index is -4.75. The number of furan rings is 1. The van der Waals surface area contributed by atoms with Crippen LogP contribution in [0.15, 0.2) is 16.5 Å². The highest BCUT2D eigenvalue weighted by molar-refractivity contribution is 6.55. The number of halogens is 8. The maximum absolute atomic E-state index is 13.0. The van der Waals surface area contributed by atoms with Gasteiger partial charge < -0.3 is 14.5 Å². The Morgan fingerprint density at radius 1 is 1.10 bits per heavy atom. The summed E-state index contributed by atoms with van der Waals surface area (Å²) in [5.41, 5.74) is -1.73. The van der Waals surface area contributed by atoms with Gasteiger partial charge in [-0.15, -0.1) is 0 Å². The zero-order valence-corrected chi connectivity index (χ0v) is 18.8. The van der Waals surface area contributed by atoms with E-state index >= 15 is 0 Å². The van der Waals surface area contributed by atoms with E-state index in [1.165, 1.54) is 19.1 Å². The zero-order chi connectivity index (χ0) is 23.1. The highest BCUT2D eigenvalue weighted by atomic mass is 35.5. The molecule has 2 N–H and O–H groups in total. The van der Waals surface area contributed by atoms with Crippen molar-refractivity contribution in [3.63, 3.8) is 0 Å². The van der Waals surface area contributed by atoms with E-state index in [1.807, 2.05) is 0 Å². The Labute approximate surface area is 197 Å². The van der Waals surface area contributed by atoms with Gasteiger partial charge in [0.15, 0.2) is 17.2 Å². The van der Waals surface area contributed by atoms with Gasteiger partial charge in [-0.2, -0.15) is 18.3 Å². The fourth-order valence-electron chi connectivity index (χ4n) is 2.39. The lowest BCUT2D eigenvalue weighted by Crippen LogP contribution is -2.16. The number of rotatable bonds is 5. The first-order chi connectivity index (χ1) is 14.4. The average Bonchev–Trinajstić information content (AvgIpc) is 3.32. The number of carbonyl (C=O) groups is 1. The minimum absolute atomic E-state index is 0.0246. The Kier molecular flexibility index (Phi) is 6.93. The number of nitrogens with zero attached hydrogens (tertiary/aromatic N) is 1. The summed E-state index contributed by atoms with van der Waals surface area (Å²) in [5, 5.41) is 7.13. The molecule has 0 saturated heterocycles. The third kappa shape index (κ3) is 4.85. The van der Waals surface area contributed by atoms with Gasteiger partial charge in [0.2, 0.25) is 0 Å². The Morgan fingerprint density at radius 3 is 2.26 bits per heavy atom. The highest BCUT2D eigenvalue weighted by Gasteiger charge is 2.38. The molecule has 6 nitrogen and oxygen atoms in total. The molecule has 0 spiro atoms. The van der Waals surface area contributed by atoms with Gasteiger partial charge in [-0.3, -0.25) is 9.89 Å². The van der Waals surface area contributed by atoms with E-state index in [0.717, 1.165) is 0 Å². The number of benzene rings is 1. The van der Waals surface area contributed by atoms with Crippen molar-refractivity contribution in [2.45, 2.75) is 19.7 Å². The van der Waals surface area contributed by atoms with Gasteiger partial charge in [-0.25, -0.2) is 0 Å². The van der Waals surface area contributed by atoms with Gasteiger partial charge in [0.25, 0.3) is 5.91 Å². The summed E-state index contributed by atoms with van der Waals surface area (Å²) < 4.78 is 49.8. The second-order valence-electron chi connectivity index (χ2n) is 5.98. The first-order valence-electron chi connectivity index (χ1n) is 8.08. The van der Waals surface area contributed by atoms with E-state index in [2.05, 4.69) is 15.5 Å². The number of amides is 1. The minimum Gasteiger partial charge on any atom is -0.482 e. The van der Waals surface area contributed by atoms with E-state index in [0.29, 0.717) is 0 Å². The van der Waals surface area contributed by atoms with Crippen molar-refractivity contribution < 1.29 is 27.1 Å². The van der Waals surface area contributed by atoms with Crippen LogP contribution in [0.4, 0.5) is 18.9 Å². The van der Waals surface area contributed by atoms with Crippen LogP contribution in [0, 0.1) is 6.92 Å². The molecule has 1 amide bonds. The largest absolute Gasteiger partial charge is 0.482 e. The summed E-state index contributed by atoms with van der Waals surface area (Å²) in [5.74, 6) is -1.11. The summed E-state index contributed by atoms with van der Waals surface area (Å²) in [6.07, 6.45) is -4.75. The Bertz CT molecular complexity index is 1130. The van der Waals surface area contributed by atoms with Crippen LogP contribution in [0.25, 0.3) is 0 Å². The van der Waals surface area contributed by atoms with Crippen molar-refractivity contribution in [3.05, 3.63) is 60.2 Å². The predicted octanol–water partition coefficient (Wildman–Crippen LogP) is 7.43. The molecule has 0 saturated carbocycles. The third-order valence-corrected chi connectivity index (χ3v) is 6.11. The number of alkyl halides is 3. The second-order valence-corrected chi connectivity index (χ2v) is 7.87. The van der Waals surface area contributed by atoms with Crippen LogP contribution in [-0.4, -0.2) is 16.1 Å². The van der Waals surface area contributed by atoms with E-state index in [9.17, 15) is 18.0 Å². The van der Waals surface area contributed by atoms with Gasteiger partial charge >= 0.3 is 6.18 Å². The van der Waals surface area contributed by atoms with Crippen LogP contribution in [-0.2, 0) is 12.8 Å². The third-order valence-electron chi connectivity index (χ3n) is 3.87. The number of ether oxygens (including phenoxy) is 1. The van der Waals surface area contributed by atoms with Crippen LogP contribution in [0.2, 0.25) is 25.1 Å². The Morgan fingerprint density at radius 2 is 1.68 bits per heavy atom. The number of nitrogens with one attached hydrogen (secondary N) is 2. The molecule has 0 aliphatic carbocycles. The number of H-pyrrole nitrogens is 1. The van der Waals surface area contributed by atoms with Crippen molar-refractivity contribution in [2.24, 2.45) is 0 Å². The molecule has 0 unspecified atom stereocenters. The fourth-order valence-corrected chi connectivity index (χ4v) is 3.62. The van der Waals surface area contributed by atoms with Gasteiger partial charge in [0, 0.05) is 0 Å². The van der Waals surface area contributed by atoms with Crippen LogP contribution < -0.4 is 10.1 Å². The van der Waals surface area contributed by atoms with Crippen molar-refractivity contribution in [1.29, 1.82) is 0 Å². The molecule has 1 aromatic carbocycles. The monoisotopic (exact) mass is 535 g/mol. The van der Waals surface area contributed by atoms with Gasteiger partial charge in [-0.05, 0) is 19.1 Å². The Hall–Kier alpha value is -1.78. The van der Waals surface area contributed by atoms with Crippen molar-refractivity contribution >= 4 is 69.6 Å². The smallest absolute Gasteiger partial charge is 0.437 e. The lowest BCUT2D eigenvalue weighted by molar-refractivity contribution is -0.140. The number of carbonyl (C=O) groups excluding carboxylic acids is 1. The molecule has 14 heteroatoms. The molecule has 3 aromatic rings. The molecule has 0 fully saturated rings. The summed E-state index contributed by atoms with van der Waals surface area (Å²) in [6, 6.07) is 2.63. The predicted molar refractivity (Wildman–Crippen MR) is 111 cm³/mol. The van der Waals surface area contributed by atoms with Crippen LogP contribution >= 0.6 is 58.0 Å². The van der Waals surface area contributed by atoms with E-state index in [4.69, 9.17) is 67.2 Å². The first-order valence-corrected chi connectivity index (χ1v) is 9.97. The molecule has 0 radical (unpaired) electrons.